The molecule has 1 aromatic heterocycles. The molecule has 2 aliphatic heterocycles. The molecule has 2 aromatic rings. The number of aromatic nitrogens is 2. The van der Waals surface area contributed by atoms with Crippen LogP contribution in [0.3, 0.4) is 0 Å². The SMILES string of the molecule is O=C([C@@H]1C[C@@H]1c1ccc2c(c1)OCCO2)N1CCc2[nH]ncc2C1. The molecule has 0 spiro atoms. The highest BCUT2D eigenvalue weighted by molar-refractivity contribution is 5.83. The number of fused-ring (bicyclic) bond motifs is 2. The molecular formula is C18H19N3O3. The Morgan fingerprint density at radius 3 is 3.04 bits per heavy atom. The lowest BCUT2D eigenvalue weighted by Gasteiger charge is -2.26. The number of hydrogen-bond donors (Lipinski definition) is 1. The van der Waals surface area contributed by atoms with E-state index in [0.29, 0.717) is 25.7 Å². The van der Waals surface area contributed by atoms with Crippen LogP contribution in [0.4, 0.5) is 0 Å². The molecule has 124 valence electrons. The van der Waals surface area contributed by atoms with Crippen molar-refractivity contribution in [2.24, 2.45) is 5.92 Å². The average Bonchev–Trinajstić information content (AvgIpc) is 3.29. The maximum Gasteiger partial charge on any atom is 0.226 e. The minimum absolute atomic E-state index is 0.0982. The first-order valence-corrected chi connectivity index (χ1v) is 8.49. The monoisotopic (exact) mass is 325 g/mol. The third-order valence-corrected chi connectivity index (χ3v) is 5.21. The molecule has 1 aliphatic carbocycles. The molecule has 6 heteroatoms. The molecule has 1 fully saturated rings. The molecule has 3 aliphatic rings. The molecule has 1 saturated carbocycles. The van der Waals surface area contributed by atoms with Gasteiger partial charge >= 0.3 is 0 Å². The van der Waals surface area contributed by atoms with Crippen molar-refractivity contribution >= 4 is 5.91 Å². The molecule has 1 amide bonds. The molecule has 1 N–H and O–H groups in total. The van der Waals surface area contributed by atoms with Crippen LogP contribution in [0.5, 0.6) is 11.5 Å². The Morgan fingerprint density at radius 2 is 2.12 bits per heavy atom. The van der Waals surface area contributed by atoms with Gasteiger partial charge in [-0.15, -0.1) is 0 Å². The van der Waals surface area contributed by atoms with Crippen molar-refractivity contribution in [1.82, 2.24) is 15.1 Å². The Kier molecular flexibility index (Phi) is 3.04. The van der Waals surface area contributed by atoms with Crippen molar-refractivity contribution in [3.8, 4) is 11.5 Å². The number of carbonyl (C=O) groups excluding carboxylic acids is 1. The lowest BCUT2D eigenvalue weighted by atomic mass is 10.1. The minimum Gasteiger partial charge on any atom is -0.486 e. The summed E-state index contributed by atoms with van der Waals surface area (Å²) < 4.78 is 11.2. The maximum atomic E-state index is 12.8. The van der Waals surface area contributed by atoms with Crippen LogP contribution in [0, 0.1) is 5.92 Å². The number of nitrogens with zero attached hydrogens (tertiary/aromatic N) is 2. The van der Waals surface area contributed by atoms with E-state index in [1.54, 1.807) is 0 Å². The Morgan fingerprint density at radius 1 is 1.25 bits per heavy atom. The van der Waals surface area contributed by atoms with Crippen LogP contribution < -0.4 is 9.47 Å². The van der Waals surface area contributed by atoms with Crippen molar-refractivity contribution in [3.63, 3.8) is 0 Å². The van der Waals surface area contributed by atoms with Gasteiger partial charge in [-0.1, -0.05) is 6.07 Å². The predicted octanol–water partition coefficient (Wildman–Crippen LogP) is 1.87. The number of aromatic amines is 1. The normalized spacial score (nSPS) is 24.4. The summed E-state index contributed by atoms with van der Waals surface area (Å²) >= 11 is 0. The standard InChI is InChI=1S/C18H19N3O3/c22-18(21-4-3-15-12(10-21)9-19-20-15)14-8-13(14)11-1-2-16-17(7-11)24-6-5-23-16/h1-2,7,9,13-14H,3-6,8,10H2,(H,19,20)/t13-,14-/m1/s1. The first-order chi connectivity index (χ1) is 11.8. The highest BCUT2D eigenvalue weighted by atomic mass is 16.6. The van der Waals surface area contributed by atoms with E-state index >= 15 is 0 Å². The van der Waals surface area contributed by atoms with E-state index < -0.39 is 0 Å². The molecule has 2 atom stereocenters. The van der Waals surface area contributed by atoms with Crippen LogP contribution in [-0.4, -0.2) is 40.8 Å². The highest BCUT2D eigenvalue weighted by Gasteiger charge is 2.46. The third kappa shape index (κ3) is 2.25. The van der Waals surface area contributed by atoms with Crippen LogP contribution in [0.15, 0.2) is 24.4 Å². The van der Waals surface area contributed by atoms with Gasteiger partial charge in [0.1, 0.15) is 13.2 Å². The van der Waals surface area contributed by atoms with E-state index in [9.17, 15) is 4.79 Å². The summed E-state index contributed by atoms with van der Waals surface area (Å²) in [6.07, 6.45) is 3.62. The molecule has 24 heavy (non-hydrogen) atoms. The molecule has 0 unspecified atom stereocenters. The Hall–Kier alpha value is -2.50. The summed E-state index contributed by atoms with van der Waals surface area (Å²) in [4.78, 5) is 14.8. The van der Waals surface area contributed by atoms with Crippen molar-refractivity contribution < 1.29 is 14.3 Å². The number of carbonyl (C=O) groups is 1. The zero-order chi connectivity index (χ0) is 16.1. The van der Waals surface area contributed by atoms with Crippen molar-refractivity contribution in [2.75, 3.05) is 19.8 Å². The van der Waals surface area contributed by atoms with Gasteiger partial charge in [0, 0.05) is 36.7 Å². The predicted molar refractivity (Wildman–Crippen MR) is 86.0 cm³/mol. The van der Waals surface area contributed by atoms with Gasteiger partial charge in [0.15, 0.2) is 11.5 Å². The van der Waals surface area contributed by atoms with Crippen LogP contribution in [0.2, 0.25) is 0 Å². The second-order valence-corrected chi connectivity index (χ2v) is 6.74. The number of ether oxygens (including phenoxy) is 2. The second kappa shape index (κ2) is 5.26. The van der Waals surface area contributed by atoms with Crippen LogP contribution >= 0.6 is 0 Å². The van der Waals surface area contributed by atoms with Gasteiger partial charge in [0.2, 0.25) is 5.91 Å². The summed E-state index contributed by atoms with van der Waals surface area (Å²) in [5.41, 5.74) is 3.49. The van der Waals surface area contributed by atoms with Gasteiger partial charge in [-0.3, -0.25) is 9.89 Å². The molecule has 6 nitrogen and oxygen atoms in total. The van der Waals surface area contributed by atoms with Gasteiger partial charge in [0.25, 0.3) is 0 Å². The lowest BCUT2D eigenvalue weighted by Crippen LogP contribution is -2.36. The maximum absolute atomic E-state index is 12.8. The Labute approximate surface area is 139 Å². The first-order valence-electron chi connectivity index (χ1n) is 8.49. The molecule has 1 aromatic carbocycles. The summed E-state index contributed by atoms with van der Waals surface area (Å²) in [6, 6.07) is 6.06. The van der Waals surface area contributed by atoms with Gasteiger partial charge < -0.3 is 14.4 Å². The third-order valence-electron chi connectivity index (χ3n) is 5.21. The fourth-order valence-electron chi connectivity index (χ4n) is 3.77. The van der Waals surface area contributed by atoms with Gasteiger partial charge in [0.05, 0.1) is 6.20 Å². The number of H-pyrrole nitrogens is 1. The van der Waals surface area contributed by atoms with Crippen molar-refractivity contribution in [2.45, 2.75) is 25.3 Å². The molecule has 5 rings (SSSR count). The summed E-state index contributed by atoms with van der Waals surface area (Å²) in [5.74, 6) is 2.27. The van der Waals surface area contributed by atoms with E-state index in [2.05, 4.69) is 16.3 Å². The number of nitrogens with one attached hydrogen (secondary N) is 1. The van der Waals surface area contributed by atoms with E-state index in [0.717, 1.165) is 36.4 Å². The molecule has 0 bridgehead atoms. The number of rotatable bonds is 2. The fourth-order valence-corrected chi connectivity index (χ4v) is 3.77. The van der Waals surface area contributed by atoms with Crippen LogP contribution in [0.1, 0.15) is 29.2 Å². The minimum atomic E-state index is 0.0982. The number of hydrogen-bond acceptors (Lipinski definition) is 4. The smallest absolute Gasteiger partial charge is 0.226 e. The summed E-state index contributed by atoms with van der Waals surface area (Å²) in [6.45, 7) is 2.64. The van der Waals surface area contributed by atoms with E-state index in [1.807, 2.05) is 23.2 Å². The summed E-state index contributed by atoms with van der Waals surface area (Å²) in [7, 11) is 0. The van der Waals surface area contributed by atoms with E-state index in [1.165, 1.54) is 11.3 Å². The molecular weight excluding hydrogens is 306 g/mol. The zero-order valence-electron chi connectivity index (χ0n) is 13.3. The van der Waals surface area contributed by atoms with Gasteiger partial charge in [-0.25, -0.2) is 0 Å². The quantitative estimate of drug-likeness (QED) is 0.915. The van der Waals surface area contributed by atoms with Crippen molar-refractivity contribution in [3.05, 3.63) is 41.2 Å². The first kappa shape index (κ1) is 13.9. The largest absolute Gasteiger partial charge is 0.486 e. The van der Waals surface area contributed by atoms with Crippen molar-refractivity contribution in [1.29, 1.82) is 0 Å². The van der Waals surface area contributed by atoms with Gasteiger partial charge in [-0.2, -0.15) is 5.10 Å². The highest BCUT2D eigenvalue weighted by Crippen LogP contribution is 2.50. The Bertz CT molecular complexity index is 801. The zero-order valence-corrected chi connectivity index (χ0v) is 13.3. The molecule has 0 radical (unpaired) electrons. The fraction of sp³-hybridized carbons (Fsp3) is 0.444. The van der Waals surface area contributed by atoms with Crippen LogP contribution in [0.25, 0.3) is 0 Å². The van der Waals surface area contributed by atoms with E-state index in [-0.39, 0.29) is 11.8 Å². The second-order valence-electron chi connectivity index (χ2n) is 6.74. The average molecular weight is 325 g/mol. The number of benzene rings is 1. The molecule has 0 saturated heterocycles. The Balaban J connectivity index is 1.29. The summed E-state index contributed by atoms with van der Waals surface area (Å²) in [5, 5.41) is 7.08. The topological polar surface area (TPSA) is 67.5 Å². The van der Waals surface area contributed by atoms with E-state index in [4.69, 9.17) is 9.47 Å². The number of amides is 1. The van der Waals surface area contributed by atoms with Gasteiger partial charge in [-0.05, 0) is 30.0 Å². The lowest BCUT2D eigenvalue weighted by molar-refractivity contribution is -0.133. The molecule has 3 heterocycles. The van der Waals surface area contributed by atoms with Crippen LogP contribution in [-0.2, 0) is 17.8 Å².